The summed E-state index contributed by atoms with van der Waals surface area (Å²) in [5, 5.41) is 2.75. The molecule has 0 bridgehead atoms. The van der Waals surface area contributed by atoms with Gasteiger partial charge in [-0.05, 0) is 30.7 Å². The van der Waals surface area contributed by atoms with E-state index in [2.05, 4.69) is 20.0 Å². The van der Waals surface area contributed by atoms with Crippen LogP contribution in [-0.2, 0) is 19.8 Å². The molecule has 1 fully saturated rings. The molecule has 0 aliphatic carbocycles. The molecule has 1 aromatic carbocycles. The maximum Gasteiger partial charge on any atom is 0.573 e. The molecule has 2 heterocycles. The molecule has 2 aromatic rings. The van der Waals surface area contributed by atoms with E-state index in [4.69, 9.17) is 16.3 Å². The predicted octanol–water partition coefficient (Wildman–Crippen LogP) is 1.63. The van der Waals surface area contributed by atoms with Crippen molar-refractivity contribution in [2.24, 2.45) is 0 Å². The molecule has 2 amide bonds. The maximum absolute atomic E-state index is 14.1. The number of carbonyl (C=O) groups is 2. The summed E-state index contributed by atoms with van der Waals surface area (Å²) in [5.74, 6) is -2.60. The van der Waals surface area contributed by atoms with Crippen LogP contribution in [0.4, 0.5) is 23.2 Å². The number of hydrogen-bond donors (Lipinski definition) is 1. The van der Waals surface area contributed by atoms with Gasteiger partial charge in [-0.1, -0.05) is 11.6 Å². The van der Waals surface area contributed by atoms with Gasteiger partial charge in [0.2, 0.25) is 5.91 Å². The summed E-state index contributed by atoms with van der Waals surface area (Å²) >= 11 is 5.45. The fraction of sp³-hybridized carbons (Fsp3) is 0.368. The van der Waals surface area contributed by atoms with E-state index in [1.165, 1.54) is 26.6 Å². The molecule has 1 saturated heterocycles. The first-order chi connectivity index (χ1) is 15.5. The fourth-order valence-corrected chi connectivity index (χ4v) is 3.48. The zero-order chi connectivity index (χ0) is 24.2. The average Bonchev–Trinajstić information content (AvgIpc) is 3.27. The number of aromatic nitrogens is 2. The second-order valence-corrected chi connectivity index (χ2v) is 7.63. The summed E-state index contributed by atoms with van der Waals surface area (Å²) in [5.41, 5.74) is -4.47. The molecule has 0 spiro atoms. The van der Waals surface area contributed by atoms with E-state index in [0.29, 0.717) is 13.0 Å². The Morgan fingerprint density at radius 2 is 1.88 bits per heavy atom. The van der Waals surface area contributed by atoms with Gasteiger partial charge in [0.05, 0.1) is 12.6 Å². The standard InChI is InChI=1S/C19H18BClF4N4O4/c20-18(11-7-26-10-27-8-11,17(31)28-12-5-6-32-9-12)29(16(30)15(21)22)13-1-3-14(4-2-13)33-19(23,24)25/h1-4,7-8,10,12,15H,5-6,9,20H2,(H,28,31)/t12-,15+,18-/m1/s1. The zero-order valence-corrected chi connectivity index (χ0v) is 17.9. The van der Waals surface area contributed by atoms with E-state index in [1.54, 1.807) is 0 Å². The average molecular weight is 489 g/mol. The molecule has 8 nitrogen and oxygen atoms in total. The number of ether oxygens (including phenoxy) is 2. The van der Waals surface area contributed by atoms with Gasteiger partial charge in [-0.25, -0.2) is 14.4 Å². The number of amides is 2. The third kappa shape index (κ3) is 5.71. The highest BCUT2D eigenvalue weighted by Crippen LogP contribution is 2.34. The minimum Gasteiger partial charge on any atom is -0.406 e. The number of nitrogens with one attached hydrogen (secondary N) is 1. The number of alkyl halides is 5. The van der Waals surface area contributed by atoms with Crippen LogP contribution in [0, 0.1) is 0 Å². The number of halogens is 5. The Bertz CT molecular complexity index is 978. The Balaban J connectivity index is 2.08. The van der Waals surface area contributed by atoms with Crippen LogP contribution in [0.3, 0.4) is 0 Å². The summed E-state index contributed by atoms with van der Waals surface area (Å²) in [6.07, 6.45) is -0.690. The Labute approximate surface area is 191 Å². The fourth-order valence-electron chi connectivity index (χ4n) is 3.39. The quantitative estimate of drug-likeness (QED) is 0.362. The van der Waals surface area contributed by atoms with Crippen molar-refractivity contribution in [1.29, 1.82) is 0 Å². The number of benzene rings is 1. The van der Waals surface area contributed by atoms with Crippen LogP contribution in [0.1, 0.15) is 12.0 Å². The van der Waals surface area contributed by atoms with Crippen molar-refractivity contribution in [2.75, 3.05) is 18.1 Å². The smallest absolute Gasteiger partial charge is 0.406 e. The number of carbonyl (C=O) groups excluding carboxylic acids is 2. The summed E-state index contributed by atoms with van der Waals surface area (Å²) in [4.78, 5) is 34.8. The second-order valence-electron chi connectivity index (χ2n) is 7.25. The van der Waals surface area contributed by atoms with Crippen molar-refractivity contribution in [3.8, 4) is 5.75 Å². The minimum absolute atomic E-state index is 0.109. The molecular weight excluding hydrogens is 470 g/mol. The molecule has 1 aromatic heterocycles. The highest BCUT2D eigenvalue weighted by atomic mass is 35.5. The van der Waals surface area contributed by atoms with E-state index in [-0.39, 0.29) is 23.9 Å². The third-order valence-electron chi connectivity index (χ3n) is 5.01. The lowest BCUT2D eigenvalue weighted by Crippen LogP contribution is -2.62. The number of nitrogens with zero attached hydrogens (tertiary/aromatic N) is 3. The van der Waals surface area contributed by atoms with Crippen molar-refractivity contribution in [3.63, 3.8) is 0 Å². The SMILES string of the molecule is B[C@](C(=O)N[C@@H]1CCOC1)(c1cncnc1)N(C(=O)[C@H](F)Cl)c1ccc(OC(F)(F)F)cc1. The van der Waals surface area contributed by atoms with Gasteiger partial charge in [-0.15, -0.1) is 13.2 Å². The normalized spacial score (nSPS) is 18.8. The van der Waals surface area contributed by atoms with Crippen molar-refractivity contribution in [1.82, 2.24) is 15.3 Å². The topological polar surface area (TPSA) is 93.6 Å². The van der Waals surface area contributed by atoms with Crippen LogP contribution < -0.4 is 15.0 Å². The molecule has 3 rings (SSSR count). The van der Waals surface area contributed by atoms with E-state index in [1.807, 2.05) is 0 Å². The molecule has 0 unspecified atom stereocenters. The lowest BCUT2D eigenvalue weighted by molar-refractivity contribution is -0.274. The van der Waals surface area contributed by atoms with E-state index in [9.17, 15) is 27.2 Å². The van der Waals surface area contributed by atoms with Crippen LogP contribution in [0.2, 0.25) is 0 Å². The summed E-state index contributed by atoms with van der Waals surface area (Å²) < 4.78 is 60.7. The molecule has 14 heteroatoms. The van der Waals surface area contributed by atoms with Gasteiger partial charge in [0.25, 0.3) is 11.5 Å². The molecule has 1 aliphatic rings. The molecule has 3 atom stereocenters. The van der Waals surface area contributed by atoms with Crippen molar-refractivity contribution < 1.29 is 36.6 Å². The second kappa shape index (κ2) is 9.92. The summed E-state index contributed by atoms with van der Waals surface area (Å²) in [7, 11) is 1.33. The first-order valence-electron chi connectivity index (χ1n) is 9.64. The van der Waals surface area contributed by atoms with Crippen LogP contribution in [0.15, 0.2) is 43.0 Å². The molecule has 33 heavy (non-hydrogen) atoms. The van der Waals surface area contributed by atoms with Gasteiger partial charge in [-0.3, -0.25) is 14.5 Å². The first kappa shape index (κ1) is 24.7. The van der Waals surface area contributed by atoms with E-state index >= 15 is 0 Å². The molecule has 1 aliphatic heterocycles. The highest BCUT2D eigenvalue weighted by molar-refractivity contribution is 6.37. The number of anilines is 1. The Morgan fingerprint density at radius 3 is 2.39 bits per heavy atom. The Hall–Kier alpha value is -2.93. The van der Waals surface area contributed by atoms with Crippen molar-refractivity contribution >= 4 is 36.9 Å². The van der Waals surface area contributed by atoms with Crippen LogP contribution >= 0.6 is 11.6 Å². The minimum atomic E-state index is -4.93. The highest BCUT2D eigenvalue weighted by Gasteiger charge is 2.47. The van der Waals surface area contributed by atoms with E-state index in [0.717, 1.165) is 29.2 Å². The monoisotopic (exact) mass is 488 g/mol. The van der Waals surface area contributed by atoms with Gasteiger partial charge in [0.1, 0.15) is 17.5 Å². The third-order valence-corrected chi connectivity index (χ3v) is 5.20. The van der Waals surface area contributed by atoms with Crippen LogP contribution in [0.5, 0.6) is 5.75 Å². The van der Waals surface area contributed by atoms with Gasteiger partial charge in [0.15, 0.2) is 7.85 Å². The van der Waals surface area contributed by atoms with Gasteiger partial charge in [0, 0.05) is 30.3 Å². The first-order valence-corrected chi connectivity index (χ1v) is 10.1. The number of rotatable bonds is 7. The van der Waals surface area contributed by atoms with Crippen LogP contribution in [0.25, 0.3) is 0 Å². The molecule has 0 radical (unpaired) electrons. The lowest BCUT2D eigenvalue weighted by Gasteiger charge is -2.41. The molecule has 0 saturated carbocycles. The summed E-state index contributed by atoms with van der Waals surface area (Å²) in [6.45, 7) is 0.666. The summed E-state index contributed by atoms with van der Waals surface area (Å²) in [6, 6.07) is 3.64. The molecule has 176 valence electrons. The number of hydrogen-bond acceptors (Lipinski definition) is 6. The Morgan fingerprint density at radius 1 is 1.24 bits per heavy atom. The van der Waals surface area contributed by atoms with E-state index < -0.39 is 35.0 Å². The zero-order valence-electron chi connectivity index (χ0n) is 17.2. The lowest BCUT2D eigenvalue weighted by atomic mass is 9.70. The molecule has 1 N–H and O–H groups in total. The van der Waals surface area contributed by atoms with Crippen molar-refractivity contribution in [3.05, 3.63) is 48.5 Å². The van der Waals surface area contributed by atoms with Gasteiger partial charge < -0.3 is 14.8 Å². The largest absolute Gasteiger partial charge is 0.573 e. The molecular formula is C19H18BClF4N4O4. The predicted molar refractivity (Wildman–Crippen MR) is 111 cm³/mol. The van der Waals surface area contributed by atoms with Gasteiger partial charge >= 0.3 is 6.36 Å². The maximum atomic E-state index is 14.1. The van der Waals surface area contributed by atoms with Crippen LogP contribution in [-0.4, -0.2) is 60.9 Å². The van der Waals surface area contributed by atoms with Crippen molar-refractivity contribution in [2.45, 2.75) is 29.9 Å². The Kier molecular flexibility index (Phi) is 7.43. The van der Waals surface area contributed by atoms with Gasteiger partial charge in [-0.2, -0.15) is 0 Å².